The molecule has 16 heavy (non-hydrogen) atoms. The first-order chi connectivity index (χ1) is 7.56. The van der Waals surface area contributed by atoms with Crippen LogP contribution < -0.4 is 11.1 Å². The molecule has 1 aromatic rings. The van der Waals surface area contributed by atoms with Crippen LogP contribution in [0.3, 0.4) is 0 Å². The van der Waals surface area contributed by atoms with E-state index >= 15 is 0 Å². The SMILES string of the molecule is CSc1nc(N)cc(N[C@H](CO)C(C)C)n1. The Morgan fingerprint density at radius 3 is 2.69 bits per heavy atom. The number of aliphatic hydroxyl groups excluding tert-OH is 1. The number of hydrogen-bond donors (Lipinski definition) is 3. The van der Waals surface area contributed by atoms with E-state index in [0.717, 1.165) is 0 Å². The smallest absolute Gasteiger partial charge is 0.191 e. The molecule has 0 fully saturated rings. The molecule has 0 aliphatic heterocycles. The van der Waals surface area contributed by atoms with Crippen LogP contribution in [0.1, 0.15) is 13.8 Å². The zero-order valence-electron chi connectivity index (χ0n) is 9.77. The molecule has 0 saturated heterocycles. The molecule has 0 aliphatic carbocycles. The van der Waals surface area contributed by atoms with Gasteiger partial charge in [-0.15, -0.1) is 0 Å². The molecule has 4 N–H and O–H groups in total. The molecule has 0 saturated carbocycles. The third kappa shape index (κ3) is 3.53. The quantitative estimate of drug-likeness (QED) is 0.531. The van der Waals surface area contributed by atoms with E-state index in [1.807, 2.05) is 20.1 Å². The van der Waals surface area contributed by atoms with E-state index in [1.54, 1.807) is 6.07 Å². The van der Waals surface area contributed by atoms with Crippen LogP contribution in [0.25, 0.3) is 0 Å². The highest BCUT2D eigenvalue weighted by Crippen LogP contribution is 2.17. The van der Waals surface area contributed by atoms with Crippen LogP contribution in [0.15, 0.2) is 11.2 Å². The molecule has 0 amide bonds. The van der Waals surface area contributed by atoms with Gasteiger partial charge in [0.15, 0.2) is 5.16 Å². The van der Waals surface area contributed by atoms with E-state index < -0.39 is 0 Å². The molecule has 1 rings (SSSR count). The van der Waals surface area contributed by atoms with E-state index in [2.05, 4.69) is 15.3 Å². The predicted octanol–water partition coefficient (Wildman–Crippen LogP) is 1.21. The standard InChI is InChI=1S/C10H18N4OS/c1-6(2)7(5-15)12-9-4-8(11)13-10(14-9)16-3/h4,6-7,15H,5H2,1-3H3,(H3,11,12,13,14)/t7-/m1/s1. The Morgan fingerprint density at radius 1 is 1.50 bits per heavy atom. The summed E-state index contributed by atoms with van der Waals surface area (Å²) in [4.78, 5) is 8.33. The molecule has 6 heteroatoms. The lowest BCUT2D eigenvalue weighted by Gasteiger charge is -2.20. The monoisotopic (exact) mass is 242 g/mol. The van der Waals surface area contributed by atoms with Crippen molar-refractivity contribution in [1.29, 1.82) is 0 Å². The Kier molecular flexibility index (Phi) is 4.82. The van der Waals surface area contributed by atoms with Crippen LogP contribution in [0.4, 0.5) is 11.6 Å². The normalized spacial score (nSPS) is 12.8. The molecule has 0 spiro atoms. The summed E-state index contributed by atoms with van der Waals surface area (Å²) in [5, 5.41) is 13.0. The lowest BCUT2D eigenvalue weighted by molar-refractivity contribution is 0.249. The van der Waals surface area contributed by atoms with Crippen LogP contribution in [0.2, 0.25) is 0 Å². The number of rotatable bonds is 5. The van der Waals surface area contributed by atoms with Crippen molar-refractivity contribution < 1.29 is 5.11 Å². The molecule has 90 valence electrons. The van der Waals surface area contributed by atoms with Crippen LogP contribution >= 0.6 is 11.8 Å². The summed E-state index contributed by atoms with van der Waals surface area (Å²) in [5.41, 5.74) is 5.66. The van der Waals surface area contributed by atoms with E-state index in [4.69, 9.17) is 5.73 Å². The number of aromatic nitrogens is 2. The van der Waals surface area contributed by atoms with Crippen molar-refractivity contribution in [3.8, 4) is 0 Å². The molecule has 0 radical (unpaired) electrons. The van der Waals surface area contributed by atoms with Gasteiger partial charge in [0.2, 0.25) is 0 Å². The van der Waals surface area contributed by atoms with Crippen molar-refractivity contribution in [2.24, 2.45) is 5.92 Å². The minimum Gasteiger partial charge on any atom is -0.394 e. The van der Waals surface area contributed by atoms with Crippen molar-refractivity contribution in [1.82, 2.24) is 9.97 Å². The summed E-state index contributed by atoms with van der Waals surface area (Å²) in [6.07, 6.45) is 1.89. The molecule has 1 heterocycles. The minimum absolute atomic E-state index is 0.0241. The van der Waals surface area contributed by atoms with Gasteiger partial charge in [0.1, 0.15) is 11.6 Å². The maximum Gasteiger partial charge on any atom is 0.191 e. The Labute approximate surface area is 99.9 Å². The largest absolute Gasteiger partial charge is 0.394 e. The third-order valence-corrected chi connectivity index (χ3v) is 2.79. The van der Waals surface area contributed by atoms with Crippen LogP contribution in [-0.2, 0) is 0 Å². The van der Waals surface area contributed by atoms with Gasteiger partial charge < -0.3 is 16.2 Å². The number of hydrogen-bond acceptors (Lipinski definition) is 6. The maximum absolute atomic E-state index is 9.21. The van der Waals surface area contributed by atoms with Crippen molar-refractivity contribution >= 4 is 23.4 Å². The number of nitrogen functional groups attached to an aromatic ring is 1. The molecule has 1 aromatic heterocycles. The summed E-state index contributed by atoms with van der Waals surface area (Å²) in [6, 6.07) is 1.65. The maximum atomic E-state index is 9.21. The first-order valence-electron chi connectivity index (χ1n) is 5.12. The van der Waals surface area contributed by atoms with E-state index in [9.17, 15) is 5.11 Å². The zero-order valence-corrected chi connectivity index (χ0v) is 10.6. The average molecular weight is 242 g/mol. The fourth-order valence-electron chi connectivity index (χ4n) is 1.22. The molecular weight excluding hydrogens is 224 g/mol. The molecule has 1 atom stereocenters. The number of anilines is 2. The second-order valence-electron chi connectivity index (χ2n) is 3.84. The zero-order chi connectivity index (χ0) is 12.1. The van der Waals surface area contributed by atoms with Gasteiger partial charge in [-0.1, -0.05) is 25.6 Å². The van der Waals surface area contributed by atoms with Gasteiger partial charge in [-0.3, -0.25) is 0 Å². The highest BCUT2D eigenvalue weighted by Gasteiger charge is 2.13. The highest BCUT2D eigenvalue weighted by molar-refractivity contribution is 7.98. The summed E-state index contributed by atoms with van der Waals surface area (Å²) >= 11 is 1.44. The summed E-state index contributed by atoms with van der Waals surface area (Å²) in [7, 11) is 0. The number of nitrogens with zero attached hydrogens (tertiary/aromatic N) is 2. The third-order valence-electron chi connectivity index (χ3n) is 2.24. The number of aliphatic hydroxyl groups is 1. The fourth-order valence-corrected chi connectivity index (χ4v) is 1.61. The number of nitrogens with one attached hydrogen (secondary N) is 1. The van der Waals surface area contributed by atoms with Crippen molar-refractivity contribution in [2.75, 3.05) is 23.9 Å². The lowest BCUT2D eigenvalue weighted by atomic mass is 10.1. The topological polar surface area (TPSA) is 84.1 Å². The van der Waals surface area contributed by atoms with Crippen LogP contribution in [-0.4, -0.2) is 34.0 Å². The van der Waals surface area contributed by atoms with Gasteiger partial charge in [0.25, 0.3) is 0 Å². The van der Waals surface area contributed by atoms with Gasteiger partial charge in [-0.05, 0) is 12.2 Å². The highest BCUT2D eigenvalue weighted by atomic mass is 32.2. The Morgan fingerprint density at radius 2 is 2.19 bits per heavy atom. The van der Waals surface area contributed by atoms with E-state index in [-0.39, 0.29) is 12.6 Å². The first kappa shape index (κ1) is 13.1. The second-order valence-corrected chi connectivity index (χ2v) is 4.62. The van der Waals surface area contributed by atoms with Crippen LogP contribution in [0, 0.1) is 5.92 Å². The van der Waals surface area contributed by atoms with Crippen LogP contribution in [0.5, 0.6) is 0 Å². The predicted molar refractivity (Wildman–Crippen MR) is 67.6 cm³/mol. The Bertz CT molecular complexity index is 346. The van der Waals surface area contributed by atoms with Crippen molar-refractivity contribution in [3.63, 3.8) is 0 Å². The molecule has 0 aliphatic rings. The van der Waals surface area contributed by atoms with E-state index in [0.29, 0.717) is 22.7 Å². The van der Waals surface area contributed by atoms with Gasteiger partial charge in [0, 0.05) is 6.07 Å². The summed E-state index contributed by atoms with van der Waals surface area (Å²) in [5.74, 6) is 1.41. The summed E-state index contributed by atoms with van der Waals surface area (Å²) < 4.78 is 0. The van der Waals surface area contributed by atoms with Gasteiger partial charge in [-0.2, -0.15) is 0 Å². The van der Waals surface area contributed by atoms with Gasteiger partial charge in [0.05, 0.1) is 12.6 Å². The van der Waals surface area contributed by atoms with Crippen molar-refractivity contribution in [2.45, 2.75) is 25.0 Å². The molecule has 5 nitrogen and oxygen atoms in total. The average Bonchev–Trinajstić information content (AvgIpc) is 2.24. The fraction of sp³-hybridized carbons (Fsp3) is 0.600. The molecule has 0 aromatic carbocycles. The van der Waals surface area contributed by atoms with E-state index in [1.165, 1.54) is 11.8 Å². The van der Waals surface area contributed by atoms with Gasteiger partial charge in [-0.25, -0.2) is 9.97 Å². The minimum atomic E-state index is -0.0241. The second kappa shape index (κ2) is 5.91. The Hall–Kier alpha value is -1.01. The molecular formula is C10H18N4OS. The summed E-state index contributed by atoms with van der Waals surface area (Å²) in [6.45, 7) is 4.14. The molecule has 0 unspecified atom stereocenters. The van der Waals surface area contributed by atoms with Gasteiger partial charge >= 0.3 is 0 Å². The first-order valence-corrected chi connectivity index (χ1v) is 6.35. The molecule has 0 bridgehead atoms. The lowest BCUT2D eigenvalue weighted by Crippen LogP contribution is -2.30. The number of thioether (sulfide) groups is 1. The Balaban J connectivity index is 2.83. The van der Waals surface area contributed by atoms with Crippen molar-refractivity contribution in [3.05, 3.63) is 6.07 Å². The number of nitrogens with two attached hydrogens (primary N) is 1.